The number of H-pyrrole nitrogens is 1. The highest BCUT2D eigenvalue weighted by Gasteiger charge is 1.81. The van der Waals surface area contributed by atoms with Crippen molar-refractivity contribution in [3.8, 4) is 0 Å². The smallest absolute Gasteiger partial charge is 0.132 e. The first-order valence-electron chi connectivity index (χ1n) is 2.23. The molecule has 1 aromatic rings. The Balaban J connectivity index is 2.77. The van der Waals surface area contributed by atoms with Crippen LogP contribution in [-0.2, 0) is 0 Å². The molecule has 3 heteroatoms. The molecule has 1 rings (SSSR count). The molecule has 0 bridgehead atoms. The van der Waals surface area contributed by atoms with E-state index in [1.165, 1.54) is 6.08 Å². The van der Waals surface area contributed by atoms with Crippen LogP contribution < -0.4 is 0 Å². The predicted octanol–water partition coefficient (Wildman–Crippen LogP) is 0.938. The third-order valence-electron chi connectivity index (χ3n) is 0.752. The van der Waals surface area contributed by atoms with Gasteiger partial charge < -0.3 is 10.1 Å². The molecule has 1 aromatic heterocycles. The Morgan fingerprint density at radius 3 is 3.12 bits per heavy atom. The van der Waals surface area contributed by atoms with Gasteiger partial charge in [-0.3, -0.25) is 0 Å². The molecule has 3 nitrogen and oxygen atoms in total. The van der Waals surface area contributed by atoms with E-state index in [1.807, 2.05) is 0 Å². The summed E-state index contributed by atoms with van der Waals surface area (Å²) in [4.78, 5) is 6.58. The maximum atomic E-state index is 8.20. The second-order valence-electron chi connectivity index (χ2n) is 1.29. The molecule has 2 N–H and O–H groups in total. The van der Waals surface area contributed by atoms with Gasteiger partial charge in [-0.05, 0) is 0 Å². The maximum Gasteiger partial charge on any atom is 0.132 e. The summed E-state index contributed by atoms with van der Waals surface area (Å²) in [5.41, 5.74) is 0. The van der Waals surface area contributed by atoms with Gasteiger partial charge in [0.2, 0.25) is 0 Å². The van der Waals surface area contributed by atoms with Gasteiger partial charge in [0, 0.05) is 18.5 Å². The number of nitrogens with zero attached hydrogens (tertiary/aromatic N) is 1. The maximum absolute atomic E-state index is 8.20. The monoisotopic (exact) mass is 110 g/mol. The normalized spacial score (nSPS) is 10.5. The molecular formula is C5H6N2O. The van der Waals surface area contributed by atoms with E-state index in [0.717, 1.165) is 6.26 Å². The molecule has 0 fully saturated rings. The van der Waals surface area contributed by atoms with Gasteiger partial charge in [-0.15, -0.1) is 0 Å². The summed E-state index contributed by atoms with van der Waals surface area (Å²) in [6.45, 7) is 0. The molecule has 0 unspecified atom stereocenters. The lowest BCUT2D eigenvalue weighted by atomic mass is 10.6. The van der Waals surface area contributed by atoms with E-state index in [0.29, 0.717) is 5.82 Å². The van der Waals surface area contributed by atoms with Crippen molar-refractivity contribution in [1.29, 1.82) is 0 Å². The molecule has 8 heavy (non-hydrogen) atoms. The molecule has 0 radical (unpaired) electrons. The Hall–Kier alpha value is -1.25. The lowest BCUT2D eigenvalue weighted by molar-refractivity contribution is 0.478. The number of aliphatic hydroxyl groups is 1. The minimum Gasteiger partial charge on any atom is -0.515 e. The number of hydrogen-bond donors (Lipinski definition) is 2. The third-order valence-corrected chi connectivity index (χ3v) is 0.752. The van der Waals surface area contributed by atoms with Crippen LogP contribution in [0.1, 0.15) is 5.82 Å². The van der Waals surface area contributed by atoms with Crippen LogP contribution in [0.3, 0.4) is 0 Å². The van der Waals surface area contributed by atoms with Gasteiger partial charge in [-0.1, -0.05) is 0 Å². The fourth-order valence-electron chi connectivity index (χ4n) is 0.439. The molecule has 0 aromatic carbocycles. The van der Waals surface area contributed by atoms with Crippen LogP contribution in [0.5, 0.6) is 0 Å². The van der Waals surface area contributed by atoms with Crippen LogP contribution in [0.2, 0.25) is 0 Å². The van der Waals surface area contributed by atoms with Crippen molar-refractivity contribution in [3.63, 3.8) is 0 Å². The summed E-state index contributed by atoms with van der Waals surface area (Å²) in [7, 11) is 0. The number of aliphatic hydroxyl groups excluding tert-OH is 1. The Morgan fingerprint density at radius 1 is 1.75 bits per heavy atom. The van der Waals surface area contributed by atoms with Crippen LogP contribution >= 0.6 is 0 Å². The van der Waals surface area contributed by atoms with Crippen LogP contribution in [0, 0.1) is 0 Å². The van der Waals surface area contributed by atoms with Crippen molar-refractivity contribution in [2.45, 2.75) is 0 Å². The summed E-state index contributed by atoms with van der Waals surface area (Å²) in [5.74, 6) is 0.660. The highest BCUT2D eigenvalue weighted by molar-refractivity contribution is 5.36. The van der Waals surface area contributed by atoms with Crippen LogP contribution in [0.4, 0.5) is 0 Å². The van der Waals surface area contributed by atoms with Crippen molar-refractivity contribution >= 4 is 6.08 Å². The minimum absolute atomic E-state index is 0.660. The number of aromatic nitrogens is 2. The minimum atomic E-state index is 0.660. The molecule has 0 aliphatic heterocycles. The summed E-state index contributed by atoms with van der Waals surface area (Å²) >= 11 is 0. The van der Waals surface area contributed by atoms with Gasteiger partial charge in [0.05, 0.1) is 6.26 Å². The molecule has 0 saturated heterocycles. The van der Waals surface area contributed by atoms with Crippen molar-refractivity contribution < 1.29 is 5.11 Å². The number of imidazole rings is 1. The highest BCUT2D eigenvalue weighted by Crippen LogP contribution is 1.88. The molecule has 1 heterocycles. The van der Waals surface area contributed by atoms with E-state index >= 15 is 0 Å². The van der Waals surface area contributed by atoms with Crippen molar-refractivity contribution in [1.82, 2.24) is 9.97 Å². The van der Waals surface area contributed by atoms with E-state index in [9.17, 15) is 0 Å². The summed E-state index contributed by atoms with van der Waals surface area (Å²) in [6, 6.07) is 0. The molecule has 0 atom stereocenters. The molecule has 0 aliphatic carbocycles. The Bertz CT molecular complexity index is 167. The zero-order valence-electron chi connectivity index (χ0n) is 4.20. The van der Waals surface area contributed by atoms with Gasteiger partial charge in [0.15, 0.2) is 0 Å². The third kappa shape index (κ3) is 0.872. The van der Waals surface area contributed by atoms with Gasteiger partial charge in [-0.25, -0.2) is 4.98 Å². The van der Waals surface area contributed by atoms with Gasteiger partial charge >= 0.3 is 0 Å². The summed E-state index contributed by atoms with van der Waals surface area (Å²) in [6.07, 6.45) is 5.73. The Labute approximate surface area is 46.7 Å². The predicted molar refractivity (Wildman–Crippen MR) is 30.3 cm³/mol. The Kier molecular flexibility index (Phi) is 1.32. The van der Waals surface area contributed by atoms with Gasteiger partial charge in [0.1, 0.15) is 5.82 Å². The first-order valence-corrected chi connectivity index (χ1v) is 2.23. The molecule has 0 spiro atoms. The van der Waals surface area contributed by atoms with E-state index in [2.05, 4.69) is 9.97 Å². The lowest BCUT2D eigenvalue weighted by Crippen LogP contribution is -1.70. The average molecular weight is 110 g/mol. The standard InChI is InChI=1S/C5H6N2O/c8-4-1-5-6-2-3-7-5/h1-4,8H,(H,6,7)/b4-1+. The SMILES string of the molecule is O/C=C/c1ncc[nH]1. The topological polar surface area (TPSA) is 48.9 Å². The first kappa shape index (κ1) is 4.90. The fraction of sp³-hybridized carbons (Fsp3) is 0. The zero-order chi connectivity index (χ0) is 5.82. The molecule has 0 aliphatic rings. The van der Waals surface area contributed by atoms with Crippen LogP contribution in [0.15, 0.2) is 18.7 Å². The number of nitrogens with one attached hydrogen (secondary N) is 1. The van der Waals surface area contributed by atoms with Gasteiger partial charge in [-0.2, -0.15) is 0 Å². The largest absolute Gasteiger partial charge is 0.515 e. The van der Waals surface area contributed by atoms with E-state index in [4.69, 9.17) is 5.11 Å². The second kappa shape index (κ2) is 2.16. The molecule has 0 saturated carbocycles. The number of rotatable bonds is 1. The van der Waals surface area contributed by atoms with Crippen molar-refractivity contribution in [3.05, 3.63) is 24.5 Å². The molecule has 42 valence electrons. The second-order valence-corrected chi connectivity index (χ2v) is 1.29. The number of hydrogen-bond acceptors (Lipinski definition) is 2. The average Bonchev–Trinajstić information content (AvgIpc) is 2.19. The van der Waals surface area contributed by atoms with Crippen LogP contribution in [0.25, 0.3) is 6.08 Å². The zero-order valence-corrected chi connectivity index (χ0v) is 4.20. The van der Waals surface area contributed by atoms with Gasteiger partial charge in [0.25, 0.3) is 0 Å². The van der Waals surface area contributed by atoms with E-state index in [-0.39, 0.29) is 0 Å². The van der Waals surface area contributed by atoms with Crippen molar-refractivity contribution in [2.24, 2.45) is 0 Å². The number of aromatic amines is 1. The summed E-state index contributed by atoms with van der Waals surface area (Å²) in [5, 5.41) is 8.20. The Morgan fingerprint density at radius 2 is 2.62 bits per heavy atom. The first-order chi connectivity index (χ1) is 3.93. The van der Waals surface area contributed by atoms with E-state index < -0.39 is 0 Å². The quantitative estimate of drug-likeness (QED) is 0.528. The fourth-order valence-corrected chi connectivity index (χ4v) is 0.439. The highest BCUT2D eigenvalue weighted by atomic mass is 16.2. The molecular weight excluding hydrogens is 104 g/mol. The summed E-state index contributed by atoms with van der Waals surface area (Å²) < 4.78 is 0. The molecule has 0 amide bonds. The van der Waals surface area contributed by atoms with E-state index in [1.54, 1.807) is 12.4 Å². The van der Waals surface area contributed by atoms with Crippen molar-refractivity contribution in [2.75, 3.05) is 0 Å². The van der Waals surface area contributed by atoms with Crippen LogP contribution in [-0.4, -0.2) is 15.1 Å². The lowest BCUT2D eigenvalue weighted by Gasteiger charge is -1.75.